The van der Waals surface area contributed by atoms with Gasteiger partial charge in [-0.05, 0) is 64.0 Å². The second-order valence-corrected chi connectivity index (χ2v) is 6.36. The van der Waals surface area contributed by atoms with Crippen LogP contribution in [0.15, 0.2) is 44.4 Å². The van der Waals surface area contributed by atoms with Gasteiger partial charge in [0.25, 0.3) is 0 Å². The zero-order valence-corrected chi connectivity index (χ0v) is 17.9. The number of nitrogens with zero attached hydrogens (tertiary/aromatic N) is 2. The van der Waals surface area contributed by atoms with Gasteiger partial charge in [0.2, 0.25) is 0 Å². The third-order valence-corrected chi connectivity index (χ3v) is 4.45. The maximum atomic E-state index is 5.91. The van der Waals surface area contributed by atoms with Gasteiger partial charge in [0.15, 0.2) is 5.96 Å². The fourth-order valence-electron chi connectivity index (χ4n) is 3.19. The van der Waals surface area contributed by atoms with Crippen LogP contribution < -0.4 is 10.6 Å². The summed E-state index contributed by atoms with van der Waals surface area (Å²) in [7, 11) is 0. The summed E-state index contributed by atoms with van der Waals surface area (Å²) < 4.78 is 11.3. The number of furan rings is 2. The third-order valence-electron chi connectivity index (χ3n) is 4.45. The highest BCUT2D eigenvalue weighted by atomic mass is 127. The molecule has 1 atom stereocenters. The van der Waals surface area contributed by atoms with E-state index in [1.807, 2.05) is 25.1 Å². The van der Waals surface area contributed by atoms with Gasteiger partial charge in [-0.1, -0.05) is 0 Å². The summed E-state index contributed by atoms with van der Waals surface area (Å²) in [6.07, 6.45) is 4.18. The standard InChI is InChI=1S/C19H28N4O2.HI/c1-3-20-19(21-13-16-7-6-12-24-16)22-14-17(23-10-4-5-11-23)18-9-8-15(2)25-18;/h6-9,12,17H,3-5,10-11,13-14H2,1-2H3,(H2,20,21,22);1H. The third kappa shape index (κ3) is 5.77. The van der Waals surface area contributed by atoms with E-state index in [4.69, 9.17) is 8.83 Å². The van der Waals surface area contributed by atoms with E-state index in [-0.39, 0.29) is 30.0 Å². The number of halogens is 1. The molecule has 26 heavy (non-hydrogen) atoms. The average molecular weight is 472 g/mol. The molecule has 0 aliphatic carbocycles. The molecular formula is C19H29IN4O2. The van der Waals surface area contributed by atoms with Gasteiger partial charge in [-0.15, -0.1) is 24.0 Å². The van der Waals surface area contributed by atoms with E-state index in [1.165, 1.54) is 12.8 Å². The number of aryl methyl sites for hydroxylation is 1. The zero-order chi connectivity index (χ0) is 17.5. The highest BCUT2D eigenvalue weighted by Gasteiger charge is 2.26. The minimum Gasteiger partial charge on any atom is -0.467 e. The van der Waals surface area contributed by atoms with Crippen LogP contribution >= 0.6 is 24.0 Å². The van der Waals surface area contributed by atoms with Crippen molar-refractivity contribution < 1.29 is 8.83 Å². The molecule has 3 rings (SSSR count). The molecule has 0 spiro atoms. The molecule has 0 aromatic carbocycles. The predicted octanol–water partition coefficient (Wildman–Crippen LogP) is 3.69. The van der Waals surface area contributed by atoms with Gasteiger partial charge >= 0.3 is 0 Å². The number of hydrogen-bond acceptors (Lipinski definition) is 4. The first-order valence-electron chi connectivity index (χ1n) is 9.11. The van der Waals surface area contributed by atoms with Crippen molar-refractivity contribution in [2.75, 3.05) is 26.2 Å². The second-order valence-electron chi connectivity index (χ2n) is 6.36. The van der Waals surface area contributed by atoms with Crippen LogP contribution in [0.5, 0.6) is 0 Å². The Morgan fingerprint density at radius 2 is 2.04 bits per heavy atom. The van der Waals surface area contributed by atoms with Crippen molar-refractivity contribution in [1.29, 1.82) is 0 Å². The highest BCUT2D eigenvalue weighted by molar-refractivity contribution is 14.0. The summed E-state index contributed by atoms with van der Waals surface area (Å²) in [5.41, 5.74) is 0. The Morgan fingerprint density at radius 1 is 1.23 bits per heavy atom. The molecule has 0 bridgehead atoms. The maximum absolute atomic E-state index is 5.91. The molecule has 2 N–H and O–H groups in total. The van der Waals surface area contributed by atoms with Crippen LogP contribution in [0.3, 0.4) is 0 Å². The molecule has 2 aromatic heterocycles. The number of nitrogens with one attached hydrogen (secondary N) is 2. The SMILES string of the molecule is CCNC(=NCc1ccco1)NCC(c1ccc(C)o1)N1CCCC1.I. The van der Waals surface area contributed by atoms with E-state index < -0.39 is 0 Å². The molecule has 7 heteroatoms. The van der Waals surface area contributed by atoms with Crippen LogP contribution in [0.1, 0.15) is 43.1 Å². The van der Waals surface area contributed by atoms with E-state index in [2.05, 4.69) is 33.5 Å². The Hall–Kier alpha value is -1.48. The molecule has 1 saturated heterocycles. The van der Waals surface area contributed by atoms with E-state index >= 15 is 0 Å². The zero-order valence-electron chi connectivity index (χ0n) is 15.5. The lowest BCUT2D eigenvalue weighted by atomic mass is 10.2. The smallest absolute Gasteiger partial charge is 0.191 e. The van der Waals surface area contributed by atoms with Gasteiger partial charge in [0.05, 0.1) is 12.3 Å². The van der Waals surface area contributed by atoms with Crippen molar-refractivity contribution in [1.82, 2.24) is 15.5 Å². The van der Waals surface area contributed by atoms with Crippen molar-refractivity contribution in [3.63, 3.8) is 0 Å². The first kappa shape index (κ1) is 20.8. The van der Waals surface area contributed by atoms with Crippen molar-refractivity contribution in [3.05, 3.63) is 47.8 Å². The molecule has 2 aromatic rings. The summed E-state index contributed by atoms with van der Waals surface area (Å²) in [5, 5.41) is 6.76. The van der Waals surface area contributed by atoms with E-state index in [9.17, 15) is 0 Å². The van der Waals surface area contributed by atoms with Gasteiger partial charge in [-0.25, -0.2) is 4.99 Å². The van der Waals surface area contributed by atoms with Gasteiger partial charge < -0.3 is 19.5 Å². The molecule has 0 amide bonds. The molecule has 3 heterocycles. The number of guanidine groups is 1. The van der Waals surface area contributed by atoms with Crippen LogP contribution in [0, 0.1) is 6.92 Å². The Balaban J connectivity index is 0.00000243. The number of likely N-dealkylation sites (tertiary alicyclic amines) is 1. The largest absolute Gasteiger partial charge is 0.467 e. The minimum atomic E-state index is 0. The molecule has 1 aliphatic rings. The topological polar surface area (TPSA) is 65.9 Å². The Kier molecular flexibility index (Phi) is 8.50. The number of aliphatic imine (C=N–C) groups is 1. The Morgan fingerprint density at radius 3 is 2.65 bits per heavy atom. The van der Waals surface area contributed by atoms with Gasteiger partial charge in [0.1, 0.15) is 23.8 Å². The minimum absolute atomic E-state index is 0. The first-order chi connectivity index (χ1) is 12.3. The monoisotopic (exact) mass is 472 g/mol. The molecule has 6 nitrogen and oxygen atoms in total. The van der Waals surface area contributed by atoms with E-state index in [0.717, 1.165) is 49.4 Å². The van der Waals surface area contributed by atoms with Crippen LogP contribution in [0.4, 0.5) is 0 Å². The van der Waals surface area contributed by atoms with Gasteiger partial charge in [0, 0.05) is 13.1 Å². The molecule has 0 radical (unpaired) electrons. The van der Waals surface area contributed by atoms with Crippen molar-refractivity contribution >= 4 is 29.9 Å². The van der Waals surface area contributed by atoms with Crippen LogP contribution in [0.25, 0.3) is 0 Å². The second kappa shape index (κ2) is 10.6. The van der Waals surface area contributed by atoms with Crippen molar-refractivity contribution in [3.8, 4) is 0 Å². The summed E-state index contributed by atoms with van der Waals surface area (Å²) in [4.78, 5) is 7.09. The lowest BCUT2D eigenvalue weighted by Gasteiger charge is -2.26. The summed E-state index contributed by atoms with van der Waals surface area (Å²) >= 11 is 0. The lowest BCUT2D eigenvalue weighted by Crippen LogP contribution is -2.42. The summed E-state index contributed by atoms with van der Waals surface area (Å²) in [6.45, 7) is 8.40. The molecule has 1 fully saturated rings. The number of hydrogen-bond donors (Lipinski definition) is 2. The van der Waals surface area contributed by atoms with Gasteiger partial charge in [-0.3, -0.25) is 4.90 Å². The fraction of sp³-hybridized carbons (Fsp3) is 0.526. The molecular weight excluding hydrogens is 443 g/mol. The average Bonchev–Trinajstić information content (AvgIpc) is 3.36. The van der Waals surface area contributed by atoms with Crippen LogP contribution in [-0.4, -0.2) is 37.0 Å². The first-order valence-corrected chi connectivity index (χ1v) is 9.11. The number of rotatable bonds is 7. The fourth-order valence-corrected chi connectivity index (χ4v) is 3.19. The molecule has 1 unspecified atom stereocenters. The maximum Gasteiger partial charge on any atom is 0.191 e. The quantitative estimate of drug-likeness (QED) is 0.366. The van der Waals surface area contributed by atoms with Crippen LogP contribution in [-0.2, 0) is 6.54 Å². The van der Waals surface area contributed by atoms with Crippen molar-refractivity contribution in [2.24, 2.45) is 4.99 Å². The Labute approximate surface area is 172 Å². The molecule has 0 saturated carbocycles. The van der Waals surface area contributed by atoms with Crippen LogP contribution in [0.2, 0.25) is 0 Å². The molecule has 144 valence electrons. The Bertz CT molecular complexity index is 663. The predicted molar refractivity (Wildman–Crippen MR) is 114 cm³/mol. The summed E-state index contributed by atoms with van der Waals surface area (Å²) in [6, 6.07) is 8.17. The van der Waals surface area contributed by atoms with Gasteiger partial charge in [-0.2, -0.15) is 0 Å². The normalized spacial score (nSPS) is 16.3. The highest BCUT2D eigenvalue weighted by Crippen LogP contribution is 2.26. The summed E-state index contributed by atoms with van der Waals surface area (Å²) in [5.74, 6) is 3.63. The molecule has 1 aliphatic heterocycles. The van der Waals surface area contributed by atoms with E-state index in [1.54, 1.807) is 6.26 Å². The van der Waals surface area contributed by atoms with E-state index in [0.29, 0.717) is 6.54 Å². The van der Waals surface area contributed by atoms with Crippen molar-refractivity contribution in [2.45, 2.75) is 39.3 Å². The lowest BCUT2D eigenvalue weighted by molar-refractivity contribution is 0.213.